The van der Waals surface area contributed by atoms with Crippen LogP contribution in [0, 0.1) is 12.1 Å². The zero-order valence-electron chi connectivity index (χ0n) is 12.9. The average molecular weight is 303 g/mol. The van der Waals surface area contributed by atoms with Gasteiger partial charge in [-0.2, -0.15) is 4.73 Å². The SMILES string of the molecule is CC(=O)OC(C)=O.CC(=O)c1ccc(C)c2c1ccc[n+]2[O-]. The number of esters is 2. The monoisotopic (exact) mass is 303 g/mol. The molecule has 0 bridgehead atoms. The highest BCUT2D eigenvalue weighted by Gasteiger charge is 2.12. The van der Waals surface area contributed by atoms with Crippen molar-refractivity contribution in [1.82, 2.24) is 0 Å². The lowest BCUT2D eigenvalue weighted by Crippen LogP contribution is -2.27. The Morgan fingerprint density at radius 2 is 1.64 bits per heavy atom. The summed E-state index contributed by atoms with van der Waals surface area (Å²) in [5.74, 6) is -1.15. The smallest absolute Gasteiger partial charge is 0.310 e. The number of hydrogen-bond acceptors (Lipinski definition) is 5. The number of ether oxygens (including phenoxy) is 1. The first kappa shape index (κ1) is 17.3. The largest absolute Gasteiger partial charge is 0.618 e. The maximum Gasteiger partial charge on any atom is 0.310 e. The summed E-state index contributed by atoms with van der Waals surface area (Å²) < 4.78 is 4.77. The van der Waals surface area contributed by atoms with Gasteiger partial charge in [0, 0.05) is 31.0 Å². The zero-order chi connectivity index (χ0) is 16.9. The molecule has 1 heterocycles. The average Bonchev–Trinajstić information content (AvgIpc) is 2.37. The molecule has 0 amide bonds. The van der Waals surface area contributed by atoms with Crippen molar-refractivity contribution in [2.75, 3.05) is 0 Å². The zero-order valence-corrected chi connectivity index (χ0v) is 12.9. The first-order valence-electron chi connectivity index (χ1n) is 6.55. The normalized spacial score (nSPS) is 9.64. The molecule has 22 heavy (non-hydrogen) atoms. The molecule has 1 aromatic heterocycles. The van der Waals surface area contributed by atoms with Crippen LogP contribution in [0.5, 0.6) is 0 Å². The molecule has 0 N–H and O–H groups in total. The Balaban J connectivity index is 0.000000295. The number of carbonyl (C=O) groups excluding carboxylic acids is 3. The molecule has 0 radical (unpaired) electrons. The van der Waals surface area contributed by atoms with Crippen LogP contribution in [-0.2, 0) is 14.3 Å². The molecule has 0 aliphatic heterocycles. The van der Waals surface area contributed by atoms with Gasteiger partial charge in [-0.25, -0.2) is 0 Å². The van der Waals surface area contributed by atoms with Crippen molar-refractivity contribution in [3.8, 4) is 0 Å². The van der Waals surface area contributed by atoms with Crippen LogP contribution in [-0.4, -0.2) is 17.7 Å². The van der Waals surface area contributed by atoms with Gasteiger partial charge in [0.2, 0.25) is 5.52 Å². The summed E-state index contributed by atoms with van der Waals surface area (Å²) in [4.78, 5) is 31.0. The van der Waals surface area contributed by atoms with Crippen molar-refractivity contribution in [1.29, 1.82) is 0 Å². The maximum atomic E-state index is 11.6. The Labute approximate surface area is 127 Å². The van der Waals surface area contributed by atoms with Crippen molar-refractivity contribution < 1.29 is 23.9 Å². The molecular formula is C16H17NO5. The molecule has 0 spiro atoms. The van der Waals surface area contributed by atoms with Gasteiger partial charge in [-0.1, -0.05) is 12.1 Å². The van der Waals surface area contributed by atoms with Crippen molar-refractivity contribution in [2.24, 2.45) is 0 Å². The van der Waals surface area contributed by atoms with E-state index in [0.29, 0.717) is 11.1 Å². The second-order valence-corrected chi connectivity index (χ2v) is 4.67. The highest BCUT2D eigenvalue weighted by atomic mass is 16.6. The summed E-state index contributed by atoms with van der Waals surface area (Å²) in [6.45, 7) is 5.73. The highest BCUT2D eigenvalue weighted by Crippen LogP contribution is 2.19. The Bertz CT molecular complexity index is 716. The Morgan fingerprint density at radius 3 is 2.09 bits per heavy atom. The molecular weight excluding hydrogens is 286 g/mol. The molecule has 0 atom stereocenters. The van der Waals surface area contributed by atoms with Crippen LogP contribution < -0.4 is 4.73 Å². The fourth-order valence-corrected chi connectivity index (χ4v) is 1.98. The topological polar surface area (TPSA) is 87.4 Å². The lowest BCUT2D eigenvalue weighted by Gasteiger charge is -2.06. The highest BCUT2D eigenvalue weighted by molar-refractivity contribution is 6.06. The van der Waals surface area contributed by atoms with E-state index in [1.54, 1.807) is 24.3 Å². The van der Waals surface area contributed by atoms with Gasteiger partial charge in [-0.15, -0.1) is 0 Å². The first-order chi connectivity index (χ1) is 10.2. The molecule has 2 aromatic rings. The van der Waals surface area contributed by atoms with Crippen LogP contribution in [0.1, 0.15) is 36.7 Å². The van der Waals surface area contributed by atoms with Crippen LogP contribution in [0.4, 0.5) is 0 Å². The summed E-state index contributed by atoms with van der Waals surface area (Å²) in [6.07, 6.45) is 1.44. The van der Waals surface area contributed by atoms with Crippen molar-refractivity contribution in [3.05, 3.63) is 46.8 Å². The fourth-order valence-electron chi connectivity index (χ4n) is 1.98. The molecule has 2 rings (SSSR count). The molecule has 0 saturated carbocycles. The number of pyridine rings is 1. The van der Waals surface area contributed by atoms with E-state index >= 15 is 0 Å². The lowest BCUT2D eigenvalue weighted by atomic mass is 10.0. The Morgan fingerprint density at radius 1 is 1.05 bits per heavy atom. The number of hydrogen-bond donors (Lipinski definition) is 0. The van der Waals surface area contributed by atoms with Gasteiger partial charge < -0.3 is 9.94 Å². The summed E-state index contributed by atoms with van der Waals surface area (Å²) in [5.41, 5.74) is 2.05. The van der Waals surface area contributed by atoms with Gasteiger partial charge >= 0.3 is 11.9 Å². The number of nitrogens with zero attached hydrogens (tertiary/aromatic N) is 1. The third-order valence-electron chi connectivity index (χ3n) is 2.79. The standard InChI is InChI=1S/C12H11NO2.C4H6O3/c1-8-5-6-10(9(2)14)11-4-3-7-13(15)12(8)11;1-3(5)7-4(2)6/h3-7H,1-2H3;1-2H3. The fraction of sp³-hybridized carbons (Fsp3) is 0.250. The minimum Gasteiger partial charge on any atom is -0.618 e. The summed E-state index contributed by atoms with van der Waals surface area (Å²) >= 11 is 0. The minimum atomic E-state index is -0.562. The third kappa shape index (κ3) is 4.37. The van der Waals surface area contributed by atoms with Gasteiger partial charge in [0.25, 0.3) is 0 Å². The maximum absolute atomic E-state index is 11.6. The quantitative estimate of drug-likeness (QED) is 0.265. The van der Waals surface area contributed by atoms with Crippen LogP contribution >= 0.6 is 0 Å². The summed E-state index contributed by atoms with van der Waals surface area (Å²) in [6, 6.07) is 7.02. The molecule has 0 fully saturated rings. The molecule has 1 aromatic carbocycles. The van der Waals surface area contributed by atoms with Crippen molar-refractivity contribution in [3.63, 3.8) is 0 Å². The minimum absolute atomic E-state index is 0.0220. The van der Waals surface area contributed by atoms with E-state index in [-0.39, 0.29) is 5.78 Å². The first-order valence-corrected chi connectivity index (χ1v) is 6.55. The lowest BCUT2D eigenvalue weighted by molar-refractivity contribution is -0.577. The number of fused-ring (bicyclic) bond motifs is 1. The van der Waals surface area contributed by atoms with E-state index in [1.807, 2.05) is 6.92 Å². The van der Waals surface area contributed by atoms with Crippen LogP contribution in [0.25, 0.3) is 10.9 Å². The molecule has 0 saturated heterocycles. The summed E-state index contributed by atoms with van der Waals surface area (Å²) in [5, 5.41) is 12.3. The number of rotatable bonds is 1. The second kappa shape index (κ2) is 7.31. The number of aryl methyl sites for hydroxylation is 1. The summed E-state index contributed by atoms with van der Waals surface area (Å²) in [7, 11) is 0. The predicted molar refractivity (Wildman–Crippen MR) is 80.1 cm³/mol. The Kier molecular flexibility index (Phi) is 5.74. The van der Waals surface area contributed by atoms with Crippen molar-refractivity contribution in [2.45, 2.75) is 27.7 Å². The van der Waals surface area contributed by atoms with Crippen LogP contribution in [0.2, 0.25) is 0 Å². The van der Waals surface area contributed by atoms with Crippen LogP contribution in [0.3, 0.4) is 0 Å². The van der Waals surface area contributed by atoms with E-state index in [2.05, 4.69) is 4.74 Å². The van der Waals surface area contributed by atoms with Gasteiger partial charge in [-0.3, -0.25) is 14.4 Å². The molecule has 116 valence electrons. The number of aromatic nitrogens is 1. The van der Waals surface area contributed by atoms with E-state index in [1.165, 1.54) is 27.0 Å². The van der Waals surface area contributed by atoms with Crippen molar-refractivity contribution >= 4 is 28.6 Å². The number of Topliss-reactive ketones (excluding diaryl/α,β-unsaturated/α-hetero) is 1. The van der Waals surface area contributed by atoms with Gasteiger partial charge in [0.15, 0.2) is 12.0 Å². The van der Waals surface area contributed by atoms with Gasteiger partial charge in [0.05, 0.1) is 5.39 Å². The molecule has 0 aliphatic rings. The predicted octanol–water partition coefficient (Wildman–Crippen LogP) is 2.08. The van der Waals surface area contributed by atoms with E-state index < -0.39 is 11.9 Å². The van der Waals surface area contributed by atoms with Gasteiger partial charge in [-0.05, 0) is 19.9 Å². The molecule has 6 heteroatoms. The third-order valence-corrected chi connectivity index (χ3v) is 2.79. The molecule has 0 unspecified atom stereocenters. The number of carbonyl (C=O) groups is 3. The molecule has 0 aliphatic carbocycles. The van der Waals surface area contributed by atoms with E-state index in [9.17, 15) is 19.6 Å². The number of benzene rings is 1. The van der Waals surface area contributed by atoms with Gasteiger partial charge in [0.1, 0.15) is 0 Å². The van der Waals surface area contributed by atoms with E-state index in [4.69, 9.17) is 0 Å². The second-order valence-electron chi connectivity index (χ2n) is 4.67. The Hall–Kier alpha value is -2.76. The molecule has 6 nitrogen and oxygen atoms in total. The van der Waals surface area contributed by atoms with E-state index in [0.717, 1.165) is 15.7 Å². The van der Waals surface area contributed by atoms with Crippen LogP contribution in [0.15, 0.2) is 30.5 Å². The number of ketones is 1.